The Bertz CT molecular complexity index is 1280. The predicted octanol–water partition coefficient (Wildman–Crippen LogP) is 2.90. The maximum absolute atomic E-state index is 12.3. The molecule has 0 saturated carbocycles. The van der Waals surface area contributed by atoms with Gasteiger partial charge in [0.05, 0.1) is 4.88 Å². The van der Waals surface area contributed by atoms with Crippen LogP contribution in [-0.4, -0.2) is 22.2 Å². The van der Waals surface area contributed by atoms with E-state index in [1.165, 1.54) is 16.8 Å². The number of rotatable bonds is 6. The highest BCUT2D eigenvalue weighted by Crippen LogP contribution is 2.21. The number of aromatic nitrogens is 2. The minimum Gasteiger partial charge on any atom is -0.422 e. The molecule has 29 heavy (non-hydrogen) atoms. The molecule has 0 aliphatic rings. The van der Waals surface area contributed by atoms with Crippen LogP contribution in [-0.2, 0) is 6.54 Å². The van der Waals surface area contributed by atoms with Crippen LogP contribution in [0.15, 0.2) is 74.0 Å². The molecule has 0 fully saturated rings. The monoisotopic (exact) mass is 407 g/mol. The van der Waals surface area contributed by atoms with Gasteiger partial charge < -0.3 is 9.73 Å². The third-order valence-corrected chi connectivity index (χ3v) is 5.25. The molecule has 3 aromatic heterocycles. The van der Waals surface area contributed by atoms with Crippen molar-refractivity contribution in [1.29, 1.82) is 0 Å². The van der Waals surface area contributed by atoms with Gasteiger partial charge >= 0.3 is 5.63 Å². The van der Waals surface area contributed by atoms with E-state index in [1.807, 2.05) is 17.5 Å². The molecule has 0 atom stereocenters. The summed E-state index contributed by atoms with van der Waals surface area (Å²) < 4.78 is 6.56. The maximum atomic E-state index is 12.3. The number of hydrogen-bond donors (Lipinski definition) is 1. The number of benzene rings is 1. The van der Waals surface area contributed by atoms with E-state index in [-0.39, 0.29) is 11.1 Å². The Morgan fingerprint density at radius 3 is 2.79 bits per heavy atom. The molecule has 0 aliphatic carbocycles. The Morgan fingerprint density at radius 2 is 1.97 bits per heavy atom. The topological polar surface area (TPSA) is 94.2 Å². The van der Waals surface area contributed by atoms with Crippen LogP contribution in [0.1, 0.15) is 16.8 Å². The zero-order valence-corrected chi connectivity index (χ0v) is 16.1. The van der Waals surface area contributed by atoms with Crippen molar-refractivity contribution < 1.29 is 9.21 Å². The number of carbonyl (C=O) groups is 1. The van der Waals surface area contributed by atoms with Gasteiger partial charge in [-0.25, -0.2) is 9.48 Å². The largest absolute Gasteiger partial charge is 0.422 e. The number of carbonyl (C=O) groups excluding carboxylic acids is 1. The first-order valence-corrected chi connectivity index (χ1v) is 9.93. The lowest BCUT2D eigenvalue weighted by molar-refractivity contribution is 0.0949. The fourth-order valence-corrected chi connectivity index (χ4v) is 3.60. The van der Waals surface area contributed by atoms with E-state index >= 15 is 0 Å². The van der Waals surface area contributed by atoms with Crippen molar-refractivity contribution in [2.24, 2.45) is 0 Å². The number of nitrogens with zero attached hydrogens (tertiary/aromatic N) is 2. The molecule has 0 radical (unpaired) electrons. The molecular weight excluding hydrogens is 390 g/mol. The Balaban J connectivity index is 1.39. The van der Waals surface area contributed by atoms with Crippen molar-refractivity contribution in [2.75, 3.05) is 6.54 Å². The molecule has 1 amide bonds. The fourth-order valence-electron chi connectivity index (χ4n) is 2.91. The van der Waals surface area contributed by atoms with Gasteiger partial charge in [0.25, 0.3) is 11.5 Å². The first kappa shape index (κ1) is 18.8. The molecule has 0 spiro atoms. The Labute approximate surface area is 169 Å². The van der Waals surface area contributed by atoms with Crippen LogP contribution in [0.4, 0.5) is 0 Å². The average Bonchev–Trinajstić information content (AvgIpc) is 3.26. The molecule has 4 aromatic rings. The highest BCUT2D eigenvalue weighted by molar-refractivity contribution is 7.13. The number of nitrogens with one attached hydrogen (secondary N) is 1. The molecule has 3 heterocycles. The molecule has 7 nitrogen and oxygen atoms in total. The molecule has 0 unspecified atom stereocenters. The SMILES string of the molecule is O=C(NCCCn1nc(-c2cccs2)ccc1=O)c1cc2ccccc2oc1=O. The van der Waals surface area contributed by atoms with Crippen LogP contribution in [0.25, 0.3) is 21.5 Å². The average molecular weight is 407 g/mol. The molecule has 8 heteroatoms. The summed E-state index contributed by atoms with van der Waals surface area (Å²) >= 11 is 1.55. The summed E-state index contributed by atoms with van der Waals surface area (Å²) in [7, 11) is 0. The maximum Gasteiger partial charge on any atom is 0.349 e. The Kier molecular flexibility index (Phi) is 5.35. The molecule has 0 aliphatic heterocycles. The van der Waals surface area contributed by atoms with E-state index in [4.69, 9.17) is 4.42 Å². The van der Waals surface area contributed by atoms with Gasteiger partial charge in [0.15, 0.2) is 0 Å². The molecule has 146 valence electrons. The third-order valence-electron chi connectivity index (χ3n) is 4.36. The van der Waals surface area contributed by atoms with Crippen molar-refractivity contribution >= 4 is 28.2 Å². The van der Waals surface area contributed by atoms with Crippen molar-refractivity contribution in [3.8, 4) is 10.6 Å². The minimum absolute atomic E-state index is 0.0429. The Hall–Kier alpha value is -3.52. The van der Waals surface area contributed by atoms with Gasteiger partial charge in [0.2, 0.25) is 0 Å². The van der Waals surface area contributed by atoms with Gasteiger partial charge in [-0.05, 0) is 36.1 Å². The molecule has 1 N–H and O–H groups in total. The third kappa shape index (κ3) is 4.17. The van der Waals surface area contributed by atoms with Gasteiger partial charge in [-0.15, -0.1) is 11.3 Å². The first-order chi connectivity index (χ1) is 14.1. The standard InChI is InChI=1S/C21H17N3O4S/c25-19-9-8-16(18-7-3-12-29-18)23-24(19)11-4-10-22-20(26)15-13-14-5-1-2-6-17(14)28-21(15)27/h1-3,5-9,12-13H,4,10-11H2,(H,22,26). The lowest BCUT2D eigenvalue weighted by Crippen LogP contribution is -2.30. The number of thiophene rings is 1. The summed E-state index contributed by atoms with van der Waals surface area (Å²) in [5, 5.41) is 9.70. The van der Waals surface area contributed by atoms with Gasteiger partial charge in [-0.2, -0.15) is 5.10 Å². The van der Waals surface area contributed by atoms with Crippen molar-refractivity contribution in [1.82, 2.24) is 15.1 Å². The van der Waals surface area contributed by atoms with E-state index < -0.39 is 11.5 Å². The van der Waals surface area contributed by atoms with E-state index in [0.29, 0.717) is 30.5 Å². The number of hydrogen-bond acceptors (Lipinski definition) is 6. The zero-order valence-electron chi connectivity index (χ0n) is 15.3. The summed E-state index contributed by atoms with van der Waals surface area (Å²) in [6.07, 6.45) is 0.492. The van der Waals surface area contributed by atoms with Crippen LogP contribution in [0.2, 0.25) is 0 Å². The molecular formula is C21H17N3O4S. The van der Waals surface area contributed by atoms with Crippen molar-refractivity contribution in [3.05, 3.63) is 86.3 Å². The predicted molar refractivity (Wildman–Crippen MR) is 111 cm³/mol. The minimum atomic E-state index is -0.678. The lowest BCUT2D eigenvalue weighted by atomic mass is 10.2. The van der Waals surface area contributed by atoms with Gasteiger partial charge in [-0.3, -0.25) is 9.59 Å². The number of para-hydroxylation sites is 1. The van der Waals surface area contributed by atoms with E-state index in [9.17, 15) is 14.4 Å². The molecule has 0 bridgehead atoms. The summed E-state index contributed by atoms with van der Waals surface area (Å²) in [6, 6.07) is 15.6. The van der Waals surface area contributed by atoms with Crippen molar-refractivity contribution in [3.63, 3.8) is 0 Å². The van der Waals surface area contributed by atoms with E-state index in [2.05, 4.69) is 10.4 Å². The highest BCUT2D eigenvalue weighted by atomic mass is 32.1. The summed E-state index contributed by atoms with van der Waals surface area (Å²) in [5.74, 6) is -0.503. The smallest absolute Gasteiger partial charge is 0.349 e. The quantitative estimate of drug-likeness (QED) is 0.392. The second-order valence-electron chi connectivity index (χ2n) is 6.35. The van der Waals surface area contributed by atoms with Gasteiger partial charge in [0, 0.05) is 24.5 Å². The normalized spacial score (nSPS) is 10.9. The summed E-state index contributed by atoms with van der Waals surface area (Å²) in [5.41, 5.74) is 0.246. The first-order valence-electron chi connectivity index (χ1n) is 9.05. The summed E-state index contributed by atoms with van der Waals surface area (Å²) in [4.78, 5) is 37.4. The second-order valence-corrected chi connectivity index (χ2v) is 7.30. The van der Waals surface area contributed by atoms with Crippen LogP contribution in [0.5, 0.6) is 0 Å². The second kappa shape index (κ2) is 8.24. The van der Waals surface area contributed by atoms with Crippen LogP contribution in [0.3, 0.4) is 0 Å². The van der Waals surface area contributed by atoms with Gasteiger partial charge in [-0.1, -0.05) is 24.3 Å². The lowest BCUT2D eigenvalue weighted by Gasteiger charge is -2.07. The van der Waals surface area contributed by atoms with Crippen LogP contribution in [0, 0.1) is 0 Å². The number of amides is 1. The Morgan fingerprint density at radius 1 is 1.10 bits per heavy atom. The van der Waals surface area contributed by atoms with Crippen molar-refractivity contribution in [2.45, 2.75) is 13.0 Å². The van der Waals surface area contributed by atoms with E-state index in [1.54, 1.807) is 41.7 Å². The molecule has 1 aromatic carbocycles. The van der Waals surface area contributed by atoms with Gasteiger partial charge in [0.1, 0.15) is 16.8 Å². The highest BCUT2D eigenvalue weighted by Gasteiger charge is 2.13. The fraction of sp³-hybridized carbons (Fsp3) is 0.143. The molecule has 0 saturated heterocycles. The zero-order chi connectivity index (χ0) is 20.2. The number of aryl methyl sites for hydroxylation is 1. The van der Waals surface area contributed by atoms with Crippen LogP contribution < -0.4 is 16.5 Å². The molecule has 4 rings (SSSR count). The van der Waals surface area contributed by atoms with E-state index in [0.717, 1.165) is 10.6 Å². The van der Waals surface area contributed by atoms with Crippen LogP contribution >= 0.6 is 11.3 Å². The summed E-state index contributed by atoms with van der Waals surface area (Å²) in [6.45, 7) is 0.646. The number of fused-ring (bicyclic) bond motifs is 1.